The Morgan fingerprint density at radius 2 is 1.55 bits per heavy atom. The van der Waals surface area contributed by atoms with Gasteiger partial charge >= 0.3 is 6.03 Å². The van der Waals surface area contributed by atoms with E-state index in [0.717, 1.165) is 35.6 Å². The molecule has 7 heteroatoms. The van der Waals surface area contributed by atoms with E-state index >= 15 is 0 Å². The van der Waals surface area contributed by atoms with Gasteiger partial charge in [0.2, 0.25) is 5.88 Å². The number of hydrogen-bond acceptors (Lipinski definition) is 5. The van der Waals surface area contributed by atoms with Crippen LogP contribution in [0.15, 0.2) is 97.3 Å². The molecule has 0 atom stereocenters. The van der Waals surface area contributed by atoms with Gasteiger partial charge in [0.05, 0.1) is 11.3 Å². The number of nitrogens with one attached hydrogen (secondary N) is 2. The van der Waals surface area contributed by atoms with Gasteiger partial charge in [-0.15, -0.1) is 0 Å². The second-order valence-electron chi connectivity index (χ2n) is 8.98. The summed E-state index contributed by atoms with van der Waals surface area (Å²) < 4.78 is 6.06. The van der Waals surface area contributed by atoms with Crippen LogP contribution in [0.4, 0.5) is 16.2 Å². The molecule has 0 unspecified atom stereocenters. The molecule has 3 aromatic carbocycles. The van der Waals surface area contributed by atoms with Crippen LogP contribution in [-0.2, 0) is 12.8 Å². The Labute approximate surface area is 220 Å². The summed E-state index contributed by atoms with van der Waals surface area (Å²) in [6.45, 7) is 2.01. The Kier molecular flexibility index (Phi) is 6.24. The maximum atomic E-state index is 12.7. The van der Waals surface area contributed by atoms with Crippen molar-refractivity contribution in [2.45, 2.75) is 19.8 Å². The summed E-state index contributed by atoms with van der Waals surface area (Å²) in [6, 6.07) is 26.9. The average Bonchev–Trinajstić information content (AvgIpc) is 3.32. The third-order valence-corrected chi connectivity index (χ3v) is 6.45. The summed E-state index contributed by atoms with van der Waals surface area (Å²) in [5, 5.41) is 5.81. The quantitative estimate of drug-likeness (QED) is 0.255. The van der Waals surface area contributed by atoms with Crippen molar-refractivity contribution in [3.8, 4) is 34.0 Å². The fourth-order valence-corrected chi connectivity index (χ4v) is 4.62. The number of amides is 2. The Morgan fingerprint density at radius 1 is 0.789 bits per heavy atom. The zero-order chi connectivity index (χ0) is 25.9. The molecule has 2 N–H and O–H groups in total. The van der Waals surface area contributed by atoms with Crippen molar-refractivity contribution < 1.29 is 9.53 Å². The predicted molar refractivity (Wildman–Crippen MR) is 148 cm³/mol. The molecule has 186 valence electrons. The smallest absolute Gasteiger partial charge is 0.323 e. The van der Waals surface area contributed by atoms with Crippen LogP contribution < -0.4 is 15.4 Å². The summed E-state index contributed by atoms with van der Waals surface area (Å²) in [5.41, 5.74) is 7.96. The lowest BCUT2D eigenvalue weighted by atomic mass is 10.1. The van der Waals surface area contributed by atoms with Crippen LogP contribution in [0.2, 0.25) is 0 Å². The Bertz CT molecular complexity index is 1630. The molecule has 5 aromatic rings. The molecule has 1 aliphatic carbocycles. The second kappa shape index (κ2) is 10.1. The normalized spacial score (nSPS) is 11.4. The molecule has 2 aromatic heterocycles. The molecule has 38 heavy (non-hydrogen) atoms. The van der Waals surface area contributed by atoms with E-state index < -0.39 is 0 Å². The molecule has 7 nitrogen and oxygen atoms in total. The maximum Gasteiger partial charge on any atom is 0.323 e. The molecule has 0 aliphatic heterocycles. The van der Waals surface area contributed by atoms with Gasteiger partial charge in [0.15, 0.2) is 0 Å². The van der Waals surface area contributed by atoms with Crippen molar-refractivity contribution in [3.63, 3.8) is 0 Å². The number of aromatic nitrogens is 3. The Morgan fingerprint density at radius 3 is 2.42 bits per heavy atom. The molecule has 0 spiro atoms. The second-order valence-corrected chi connectivity index (χ2v) is 8.98. The van der Waals surface area contributed by atoms with Crippen molar-refractivity contribution in [1.29, 1.82) is 0 Å². The van der Waals surface area contributed by atoms with Crippen LogP contribution in [0.25, 0.3) is 22.4 Å². The third kappa shape index (κ3) is 4.82. The van der Waals surface area contributed by atoms with Crippen LogP contribution in [0, 0.1) is 0 Å². The summed E-state index contributed by atoms with van der Waals surface area (Å²) in [6.07, 6.45) is 5.04. The number of ether oxygens (including phenoxy) is 1. The van der Waals surface area contributed by atoms with E-state index in [2.05, 4.69) is 55.9 Å². The first-order chi connectivity index (χ1) is 18.7. The number of benzene rings is 3. The highest BCUT2D eigenvalue weighted by Gasteiger charge is 2.18. The summed E-state index contributed by atoms with van der Waals surface area (Å²) in [4.78, 5) is 25.9. The summed E-state index contributed by atoms with van der Waals surface area (Å²) >= 11 is 0. The van der Waals surface area contributed by atoms with E-state index in [1.165, 1.54) is 22.3 Å². The lowest BCUT2D eigenvalue weighted by Crippen LogP contribution is -2.19. The first kappa shape index (κ1) is 23.4. The number of nitrogens with zero attached hydrogens (tertiary/aromatic N) is 3. The van der Waals surface area contributed by atoms with Crippen molar-refractivity contribution in [1.82, 2.24) is 15.0 Å². The monoisotopic (exact) mass is 499 g/mol. The van der Waals surface area contributed by atoms with E-state index in [1.807, 2.05) is 37.3 Å². The molecule has 1 aliphatic rings. The molecule has 0 radical (unpaired) electrons. The summed E-state index contributed by atoms with van der Waals surface area (Å²) in [7, 11) is 0. The number of hydrogen-bond donors (Lipinski definition) is 2. The zero-order valence-corrected chi connectivity index (χ0v) is 20.8. The van der Waals surface area contributed by atoms with E-state index in [0.29, 0.717) is 17.3 Å². The molecular weight excluding hydrogens is 474 g/mol. The third-order valence-electron chi connectivity index (χ3n) is 6.45. The number of rotatable bonds is 6. The molecule has 6 rings (SSSR count). The lowest BCUT2D eigenvalue weighted by Gasteiger charge is -2.12. The van der Waals surface area contributed by atoms with Gasteiger partial charge in [-0.1, -0.05) is 37.3 Å². The van der Waals surface area contributed by atoms with Crippen molar-refractivity contribution in [2.75, 3.05) is 10.6 Å². The number of pyridine rings is 1. The minimum Gasteiger partial charge on any atom is -0.438 e. The number of carbonyl (C=O) groups excluding carboxylic acids is 1. The average molecular weight is 500 g/mol. The highest BCUT2D eigenvalue weighted by molar-refractivity contribution is 6.00. The van der Waals surface area contributed by atoms with E-state index in [-0.39, 0.29) is 6.03 Å². The van der Waals surface area contributed by atoms with Gasteiger partial charge in [0, 0.05) is 30.2 Å². The van der Waals surface area contributed by atoms with Gasteiger partial charge in [0.1, 0.15) is 11.6 Å². The fourth-order valence-electron chi connectivity index (χ4n) is 4.62. The predicted octanol–water partition coefficient (Wildman–Crippen LogP) is 7.11. The highest BCUT2D eigenvalue weighted by atomic mass is 16.5. The number of urea groups is 1. The van der Waals surface area contributed by atoms with Gasteiger partial charge in [0.25, 0.3) is 0 Å². The Hall–Kier alpha value is -5.04. The molecule has 0 bridgehead atoms. The minimum atomic E-state index is -0.309. The SMILES string of the molecule is CCc1nccc(-c2cccnc2Oc2ccc(NC(=O)Nc3ccc4c(c3)Cc3ccccc3-4)cc2)n1. The van der Waals surface area contributed by atoms with E-state index in [1.54, 1.807) is 36.7 Å². The zero-order valence-electron chi connectivity index (χ0n) is 20.8. The lowest BCUT2D eigenvalue weighted by molar-refractivity contribution is 0.262. The standard InChI is InChI=1S/C31H25N5O2/c1-2-29-32-17-15-28(36-29)27-8-5-16-33-30(27)38-24-12-9-22(10-13-24)34-31(37)35-23-11-14-26-21(19-23)18-20-6-3-4-7-25(20)26/h3-17,19H,2,18H2,1H3,(H2,34,35,37). The Balaban J connectivity index is 1.11. The molecule has 0 saturated heterocycles. The molecular formula is C31H25N5O2. The molecule has 0 fully saturated rings. The molecule has 0 saturated carbocycles. The van der Waals surface area contributed by atoms with Crippen molar-refractivity contribution in [2.24, 2.45) is 0 Å². The van der Waals surface area contributed by atoms with Crippen LogP contribution in [0.1, 0.15) is 23.9 Å². The first-order valence-electron chi connectivity index (χ1n) is 12.5. The minimum absolute atomic E-state index is 0.309. The molecule has 2 amide bonds. The van der Waals surface area contributed by atoms with Crippen LogP contribution in [0.5, 0.6) is 11.6 Å². The van der Waals surface area contributed by atoms with E-state index in [9.17, 15) is 4.79 Å². The maximum absolute atomic E-state index is 12.7. The number of carbonyl (C=O) groups is 1. The van der Waals surface area contributed by atoms with Gasteiger partial charge in [-0.2, -0.15) is 0 Å². The van der Waals surface area contributed by atoms with Gasteiger partial charge in [-0.05, 0) is 83.3 Å². The van der Waals surface area contributed by atoms with Gasteiger partial charge in [-0.3, -0.25) is 0 Å². The topological polar surface area (TPSA) is 89.0 Å². The largest absolute Gasteiger partial charge is 0.438 e. The summed E-state index contributed by atoms with van der Waals surface area (Å²) in [5.74, 6) is 1.81. The first-order valence-corrected chi connectivity index (χ1v) is 12.5. The molecule has 2 heterocycles. The van der Waals surface area contributed by atoms with Crippen molar-refractivity contribution in [3.05, 3.63) is 114 Å². The van der Waals surface area contributed by atoms with Crippen molar-refractivity contribution >= 4 is 17.4 Å². The van der Waals surface area contributed by atoms with Crippen LogP contribution in [0.3, 0.4) is 0 Å². The van der Waals surface area contributed by atoms with Crippen LogP contribution >= 0.6 is 0 Å². The van der Waals surface area contributed by atoms with E-state index in [4.69, 9.17) is 4.74 Å². The van der Waals surface area contributed by atoms with Gasteiger partial charge < -0.3 is 15.4 Å². The number of aryl methyl sites for hydroxylation is 1. The van der Waals surface area contributed by atoms with Crippen LogP contribution in [-0.4, -0.2) is 21.0 Å². The van der Waals surface area contributed by atoms with Gasteiger partial charge in [-0.25, -0.2) is 19.7 Å². The highest BCUT2D eigenvalue weighted by Crippen LogP contribution is 2.37. The fraction of sp³-hybridized carbons (Fsp3) is 0.0968. The number of fused-ring (bicyclic) bond motifs is 3. The number of anilines is 2.